The summed E-state index contributed by atoms with van der Waals surface area (Å²) in [4.78, 5) is 15.8. The lowest BCUT2D eigenvalue weighted by Crippen LogP contribution is -2.42. The SMILES string of the molecule is CC1CC(C)CN(S(=O)(=O)c2cccc(-c3nn(-c4ccccc4)cc3C=C3SC(=S)N(Cc4ccccc4)C3=O)c2)C1. The number of amides is 1. The van der Waals surface area contributed by atoms with Gasteiger partial charge in [-0.3, -0.25) is 9.69 Å². The van der Waals surface area contributed by atoms with Gasteiger partial charge in [-0.05, 0) is 54.2 Å². The molecule has 0 N–H and O–H groups in total. The molecule has 43 heavy (non-hydrogen) atoms. The van der Waals surface area contributed by atoms with Gasteiger partial charge in [0, 0.05) is 30.4 Å². The van der Waals surface area contributed by atoms with E-state index in [9.17, 15) is 13.2 Å². The van der Waals surface area contributed by atoms with Gasteiger partial charge < -0.3 is 0 Å². The van der Waals surface area contributed by atoms with E-state index < -0.39 is 10.0 Å². The minimum Gasteiger partial charge on any atom is -0.288 e. The van der Waals surface area contributed by atoms with Crippen LogP contribution < -0.4 is 0 Å². The van der Waals surface area contributed by atoms with Crippen LogP contribution in [0, 0.1) is 11.8 Å². The molecule has 1 amide bonds. The molecule has 3 aromatic carbocycles. The van der Waals surface area contributed by atoms with Crippen LogP contribution in [0.15, 0.2) is 101 Å². The van der Waals surface area contributed by atoms with E-state index in [0.29, 0.717) is 57.5 Å². The smallest absolute Gasteiger partial charge is 0.266 e. The Kier molecular flexibility index (Phi) is 8.37. The summed E-state index contributed by atoms with van der Waals surface area (Å²) >= 11 is 6.85. The van der Waals surface area contributed by atoms with E-state index in [1.54, 1.807) is 38.2 Å². The van der Waals surface area contributed by atoms with Gasteiger partial charge in [0.25, 0.3) is 5.91 Å². The molecule has 2 aliphatic rings. The summed E-state index contributed by atoms with van der Waals surface area (Å²) in [6.07, 6.45) is 4.69. The van der Waals surface area contributed by atoms with Crippen LogP contribution in [-0.2, 0) is 21.4 Å². The first-order valence-electron chi connectivity index (χ1n) is 14.2. The van der Waals surface area contributed by atoms with Crippen molar-refractivity contribution in [1.82, 2.24) is 19.0 Å². The largest absolute Gasteiger partial charge is 0.288 e. The summed E-state index contributed by atoms with van der Waals surface area (Å²) < 4.78 is 31.3. The lowest BCUT2D eigenvalue weighted by atomic mass is 9.94. The fourth-order valence-corrected chi connectivity index (χ4v) is 8.70. The van der Waals surface area contributed by atoms with Crippen LogP contribution in [-0.4, -0.2) is 50.7 Å². The second kappa shape index (κ2) is 12.2. The summed E-state index contributed by atoms with van der Waals surface area (Å²) in [5.41, 5.74) is 3.77. The fourth-order valence-electron chi connectivity index (χ4n) is 5.73. The third-order valence-corrected chi connectivity index (χ3v) is 10.9. The van der Waals surface area contributed by atoms with E-state index in [-0.39, 0.29) is 10.8 Å². The first kappa shape index (κ1) is 29.5. The van der Waals surface area contributed by atoms with Gasteiger partial charge >= 0.3 is 0 Å². The Morgan fingerprint density at radius 2 is 1.63 bits per heavy atom. The van der Waals surface area contributed by atoms with Gasteiger partial charge in [0.15, 0.2) is 0 Å². The molecular formula is C33H32N4O3S3. The maximum atomic E-state index is 13.7. The Bertz CT molecular complexity index is 1790. The molecule has 0 saturated carbocycles. The maximum Gasteiger partial charge on any atom is 0.266 e. The van der Waals surface area contributed by atoms with Crippen molar-refractivity contribution in [3.05, 3.63) is 107 Å². The number of aromatic nitrogens is 2. The average Bonchev–Trinajstić information content (AvgIpc) is 3.54. The molecule has 0 aliphatic carbocycles. The summed E-state index contributed by atoms with van der Waals surface area (Å²) in [7, 11) is -3.69. The van der Waals surface area contributed by atoms with Crippen molar-refractivity contribution in [2.45, 2.75) is 31.7 Å². The van der Waals surface area contributed by atoms with Crippen molar-refractivity contribution >= 4 is 50.3 Å². The Morgan fingerprint density at radius 3 is 2.33 bits per heavy atom. The van der Waals surface area contributed by atoms with Crippen molar-refractivity contribution in [3.63, 3.8) is 0 Å². The van der Waals surface area contributed by atoms with Crippen LogP contribution in [0.3, 0.4) is 0 Å². The van der Waals surface area contributed by atoms with Gasteiger partial charge in [0.05, 0.1) is 22.0 Å². The number of carbonyl (C=O) groups is 1. The van der Waals surface area contributed by atoms with Crippen LogP contribution in [0.5, 0.6) is 0 Å². The number of sulfonamides is 1. The van der Waals surface area contributed by atoms with Crippen LogP contribution in [0.25, 0.3) is 23.0 Å². The molecule has 2 unspecified atom stereocenters. The minimum atomic E-state index is -3.69. The lowest BCUT2D eigenvalue weighted by Gasteiger charge is -2.34. The average molecular weight is 629 g/mol. The van der Waals surface area contributed by atoms with E-state index in [4.69, 9.17) is 17.3 Å². The van der Waals surface area contributed by atoms with Crippen molar-refractivity contribution in [1.29, 1.82) is 0 Å². The van der Waals surface area contributed by atoms with Crippen LogP contribution in [0.4, 0.5) is 0 Å². The maximum absolute atomic E-state index is 13.7. The molecule has 10 heteroatoms. The van der Waals surface area contributed by atoms with E-state index >= 15 is 0 Å². The van der Waals surface area contributed by atoms with E-state index in [0.717, 1.165) is 17.7 Å². The highest BCUT2D eigenvalue weighted by Crippen LogP contribution is 2.36. The van der Waals surface area contributed by atoms with Crippen molar-refractivity contribution in [2.24, 2.45) is 11.8 Å². The highest BCUT2D eigenvalue weighted by Gasteiger charge is 2.34. The molecule has 4 aromatic rings. The molecule has 0 bridgehead atoms. The van der Waals surface area contributed by atoms with E-state index in [2.05, 4.69) is 13.8 Å². The normalized spacial score (nSPS) is 20.7. The van der Waals surface area contributed by atoms with Gasteiger partial charge in [-0.2, -0.15) is 9.40 Å². The first-order valence-corrected chi connectivity index (χ1v) is 16.9. The fraction of sp³-hybridized carbons (Fsp3) is 0.242. The summed E-state index contributed by atoms with van der Waals surface area (Å²) in [6.45, 7) is 5.61. The molecule has 0 spiro atoms. The van der Waals surface area contributed by atoms with Gasteiger partial charge in [0.2, 0.25) is 10.0 Å². The topological polar surface area (TPSA) is 75.5 Å². The summed E-state index contributed by atoms with van der Waals surface area (Å²) in [5, 5.41) is 4.88. The van der Waals surface area contributed by atoms with Crippen LogP contribution in [0.2, 0.25) is 0 Å². The number of nitrogens with zero attached hydrogens (tertiary/aromatic N) is 4. The third kappa shape index (κ3) is 6.24. The van der Waals surface area contributed by atoms with Gasteiger partial charge in [0.1, 0.15) is 10.0 Å². The number of piperidine rings is 1. The summed E-state index contributed by atoms with van der Waals surface area (Å²) in [6, 6.07) is 26.4. The molecule has 2 aliphatic heterocycles. The van der Waals surface area contributed by atoms with Crippen molar-refractivity contribution in [2.75, 3.05) is 13.1 Å². The van der Waals surface area contributed by atoms with Gasteiger partial charge in [-0.15, -0.1) is 0 Å². The number of benzene rings is 3. The van der Waals surface area contributed by atoms with Crippen molar-refractivity contribution in [3.8, 4) is 16.9 Å². The molecular weight excluding hydrogens is 597 g/mol. The highest BCUT2D eigenvalue weighted by atomic mass is 32.2. The zero-order valence-corrected chi connectivity index (χ0v) is 26.4. The number of rotatable bonds is 7. The predicted octanol–water partition coefficient (Wildman–Crippen LogP) is 6.61. The molecule has 1 aromatic heterocycles. The molecule has 7 nitrogen and oxygen atoms in total. The van der Waals surface area contributed by atoms with E-state index in [1.807, 2.05) is 72.9 Å². The Morgan fingerprint density at radius 1 is 0.953 bits per heavy atom. The second-order valence-corrected chi connectivity index (χ2v) is 14.9. The molecule has 0 radical (unpaired) electrons. The second-order valence-electron chi connectivity index (χ2n) is 11.3. The molecule has 2 atom stereocenters. The molecule has 6 rings (SSSR count). The molecule has 3 heterocycles. The van der Waals surface area contributed by atoms with Crippen LogP contribution >= 0.6 is 24.0 Å². The zero-order valence-electron chi connectivity index (χ0n) is 24.0. The molecule has 2 fully saturated rings. The standard InChI is InChI=1S/C33H32N4O3S3/c1-23-16-24(2)20-35(19-23)43(39,40)29-15-9-12-26(17-29)31-27(22-37(34-31)28-13-7-4-8-14-28)18-30-32(38)36(33(41)42-30)21-25-10-5-3-6-11-25/h3-15,17-18,22-24H,16,19-21H2,1-2H3. The number of carbonyl (C=O) groups excluding carboxylic acids is 1. The number of thiocarbonyl (C=S) groups is 1. The predicted molar refractivity (Wildman–Crippen MR) is 176 cm³/mol. The van der Waals surface area contributed by atoms with E-state index in [1.165, 1.54) is 11.8 Å². The quantitative estimate of drug-likeness (QED) is 0.170. The molecule has 220 valence electrons. The highest BCUT2D eigenvalue weighted by molar-refractivity contribution is 8.26. The van der Waals surface area contributed by atoms with Gasteiger partial charge in [-0.25, -0.2) is 13.1 Å². The number of para-hydroxylation sites is 1. The monoisotopic (exact) mass is 628 g/mol. The zero-order chi connectivity index (χ0) is 30.1. The number of hydrogen-bond donors (Lipinski definition) is 0. The lowest BCUT2D eigenvalue weighted by molar-refractivity contribution is -0.122. The Hall–Kier alpha value is -3.57. The minimum absolute atomic E-state index is 0.165. The van der Waals surface area contributed by atoms with Crippen molar-refractivity contribution < 1.29 is 13.2 Å². The molecule has 2 saturated heterocycles. The first-order chi connectivity index (χ1) is 20.7. The Balaban J connectivity index is 1.38. The number of thioether (sulfide) groups is 1. The number of hydrogen-bond acceptors (Lipinski definition) is 6. The summed E-state index contributed by atoms with van der Waals surface area (Å²) in [5.74, 6) is 0.438. The van der Waals surface area contributed by atoms with Crippen LogP contribution in [0.1, 0.15) is 31.4 Å². The Labute approximate surface area is 262 Å². The van der Waals surface area contributed by atoms with Gasteiger partial charge in [-0.1, -0.05) is 98.5 Å². The third-order valence-electron chi connectivity index (χ3n) is 7.69.